The molecule has 66 valence electrons. The molecular weight excluding hydrogens is 136 g/mol. The molecule has 0 spiro atoms. The first-order chi connectivity index (χ1) is 4.95. The van der Waals surface area contributed by atoms with E-state index in [0.29, 0.717) is 0 Å². The molecule has 1 N–H and O–H groups in total. The second-order valence-corrected chi connectivity index (χ2v) is 3.87. The summed E-state index contributed by atoms with van der Waals surface area (Å²) in [5.74, 6) is 0. The van der Waals surface area contributed by atoms with Gasteiger partial charge in [-0.3, -0.25) is 0 Å². The maximum Gasteiger partial charge on any atom is 0.0649 e. The molecule has 0 aliphatic carbocycles. The maximum absolute atomic E-state index is 9.11. The Hall–Kier alpha value is -0.300. The highest BCUT2D eigenvalue weighted by atomic mass is 16.3. The number of allylic oxidation sites excluding steroid dienone is 1. The first kappa shape index (κ1) is 10.7. The van der Waals surface area contributed by atoms with Gasteiger partial charge in [-0.2, -0.15) is 0 Å². The number of rotatable bonds is 3. The van der Waals surface area contributed by atoms with Crippen molar-refractivity contribution in [2.45, 2.75) is 41.0 Å². The molecule has 0 rings (SSSR count). The third kappa shape index (κ3) is 2.66. The molecule has 1 heteroatoms. The average molecular weight is 156 g/mol. The van der Waals surface area contributed by atoms with Crippen LogP contribution in [0.4, 0.5) is 0 Å². The molecule has 0 atom stereocenters. The topological polar surface area (TPSA) is 20.2 Å². The quantitative estimate of drug-likeness (QED) is 0.623. The molecule has 0 aliphatic rings. The van der Waals surface area contributed by atoms with Crippen molar-refractivity contribution in [3.8, 4) is 0 Å². The Bertz CT molecular complexity index is 150. The Balaban J connectivity index is 4.65. The second-order valence-electron chi connectivity index (χ2n) is 3.87. The number of aliphatic hydroxyl groups is 1. The molecule has 0 amide bonds. The van der Waals surface area contributed by atoms with E-state index in [1.165, 1.54) is 11.1 Å². The fourth-order valence-corrected chi connectivity index (χ4v) is 1.26. The molecule has 0 saturated heterocycles. The van der Waals surface area contributed by atoms with Crippen LogP contribution in [-0.4, -0.2) is 11.7 Å². The number of hydrogen-bond acceptors (Lipinski definition) is 1. The number of aliphatic hydroxyl groups excluding tert-OH is 1. The van der Waals surface area contributed by atoms with Crippen LogP contribution >= 0.6 is 0 Å². The zero-order valence-corrected chi connectivity index (χ0v) is 8.36. The van der Waals surface area contributed by atoms with Gasteiger partial charge in [-0.05, 0) is 31.3 Å². The van der Waals surface area contributed by atoms with E-state index in [-0.39, 0.29) is 12.0 Å². The minimum atomic E-state index is 0.160. The van der Waals surface area contributed by atoms with Crippen molar-refractivity contribution in [2.24, 2.45) is 5.41 Å². The fraction of sp³-hybridized carbons (Fsp3) is 0.800. The van der Waals surface area contributed by atoms with Gasteiger partial charge in [0, 0.05) is 0 Å². The summed E-state index contributed by atoms with van der Waals surface area (Å²) in [7, 11) is 0. The highest BCUT2D eigenvalue weighted by Gasteiger charge is 2.20. The lowest BCUT2D eigenvalue weighted by molar-refractivity contribution is 0.280. The van der Waals surface area contributed by atoms with Crippen LogP contribution in [0, 0.1) is 5.41 Å². The minimum Gasteiger partial charge on any atom is -0.392 e. The Morgan fingerprint density at radius 1 is 1.27 bits per heavy atom. The minimum absolute atomic E-state index is 0.160. The van der Waals surface area contributed by atoms with Crippen molar-refractivity contribution in [3.63, 3.8) is 0 Å². The molecule has 0 aromatic rings. The predicted octanol–water partition coefficient (Wildman–Crippen LogP) is 2.75. The monoisotopic (exact) mass is 156 g/mol. The third-order valence-electron chi connectivity index (χ3n) is 2.46. The van der Waals surface area contributed by atoms with E-state index in [0.717, 1.165) is 6.42 Å². The molecule has 0 radical (unpaired) electrons. The van der Waals surface area contributed by atoms with Gasteiger partial charge >= 0.3 is 0 Å². The summed E-state index contributed by atoms with van der Waals surface area (Å²) in [4.78, 5) is 0. The van der Waals surface area contributed by atoms with E-state index < -0.39 is 0 Å². The lowest BCUT2D eigenvalue weighted by atomic mass is 9.80. The molecule has 1 nitrogen and oxygen atoms in total. The van der Waals surface area contributed by atoms with Crippen LogP contribution in [0.5, 0.6) is 0 Å². The van der Waals surface area contributed by atoms with Gasteiger partial charge in [0.05, 0.1) is 6.61 Å². The van der Waals surface area contributed by atoms with E-state index in [2.05, 4.69) is 34.6 Å². The maximum atomic E-state index is 9.11. The molecular formula is C10H20O. The molecule has 0 fully saturated rings. The van der Waals surface area contributed by atoms with Crippen LogP contribution < -0.4 is 0 Å². The summed E-state index contributed by atoms with van der Waals surface area (Å²) in [6.07, 6.45) is 1.08. The summed E-state index contributed by atoms with van der Waals surface area (Å²) >= 11 is 0. The first-order valence-electron chi connectivity index (χ1n) is 4.23. The lowest BCUT2D eigenvalue weighted by Crippen LogP contribution is -2.17. The highest BCUT2D eigenvalue weighted by molar-refractivity contribution is 5.17. The van der Waals surface area contributed by atoms with Gasteiger partial charge in [0.25, 0.3) is 0 Å². The average Bonchev–Trinajstić information content (AvgIpc) is 1.88. The van der Waals surface area contributed by atoms with Crippen molar-refractivity contribution < 1.29 is 5.11 Å². The first-order valence-corrected chi connectivity index (χ1v) is 4.23. The lowest BCUT2D eigenvalue weighted by Gasteiger charge is -2.26. The van der Waals surface area contributed by atoms with Crippen LogP contribution in [-0.2, 0) is 0 Å². The summed E-state index contributed by atoms with van der Waals surface area (Å²) in [6.45, 7) is 10.8. The van der Waals surface area contributed by atoms with E-state index in [1.807, 2.05) is 0 Å². The fourth-order valence-electron chi connectivity index (χ4n) is 1.26. The van der Waals surface area contributed by atoms with E-state index in [1.54, 1.807) is 0 Å². The van der Waals surface area contributed by atoms with Crippen molar-refractivity contribution in [3.05, 3.63) is 11.1 Å². The van der Waals surface area contributed by atoms with Crippen LogP contribution in [0.2, 0.25) is 0 Å². The molecule has 0 aliphatic heterocycles. The largest absolute Gasteiger partial charge is 0.392 e. The number of hydrogen-bond donors (Lipinski definition) is 1. The van der Waals surface area contributed by atoms with Crippen LogP contribution in [0.25, 0.3) is 0 Å². The van der Waals surface area contributed by atoms with Crippen molar-refractivity contribution in [1.82, 2.24) is 0 Å². The third-order valence-corrected chi connectivity index (χ3v) is 2.46. The molecule has 0 aromatic heterocycles. The smallest absolute Gasteiger partial charge is 0.0649 e. The van der Waals surface area contributed by atoms with E-state index in [4.69, 9.17) is 5.11 Å². The summed E-state index contributed by atoms with van der Waals surface area (Å²) in [6, 6.07) is 0. The van der Waals surface area contributed by atoms with Gasteiger partial charge in [0.2, 0.25) is 0 Å². The predicted molar refractivity (Wildman–Crippen MR) is 49.5 cm³/mol. The normalized spacial score (nSPS) is 11.5. The van der Waals surface area contributed by atoms with Gasteiger partial charge in [-0.1, -0.05) is 26.3 Å². The Morgan fingerprint density at radius 2 is 1.73 bits per heavy atom. The van der Waals surface area contributed by atoms with Gasteiger partial charge in [0.15, 0.2) is 0 Å². The van der Waals surface area contributed by atoms with Crippen molar-refractivity contribution >= 4 is 0 Å². The Morgan fingerprint density at radius 3 is 1.82 bits per heavy atom. The zero-order chi connectivity index (χ0) is 9.07. The van der Waals surface area contributed by atoms with Gasteiger partial charge in [-0.25, -0.2) is 0 Å². The van der Waals surface area contributed by atoms with Crippen LogP contribution in [0.1, 0.15) is 41.0 Å². The van der Waals surface area contributed by atoms with E-state index in [9.17, 15) is 0 Å². The van der Waals surface area contributed by atoms with Crippen molar-refractivity contribution in [1.29, 1.82) is 0 Å². The summed E-state index contributed by atoms with van der Waals surface area (Å²) < 4.78 is 0. The Kier molecular flexibility index (Phi) is 3.81. The van der Waals surface area contributed by atoms with Crippen LogP contribution in [0.15, 0.2) is 11.1 Å². The molecule has 0 aromatic carbocycles. The van der Waals surface area contributed by atoms with E-state index >= 15 is 0 Å². The van der Waals surface area contributed by atoms with Gasteiger partial charge < -0.3 is 5.11 Å². The van der Waals surface area contributed by atoms with Gasteiger partial charge in [-0.15, -0.1) is 0 Å². The molecule has 0 bridgehead atoms. The standard InChI is InChI=1S/C10H20O/c1-6-10(4,5)9(7-11)8(2)3/h11H,6-7H2,1-5H3. The summed E-state index contributed by atoms with van der Waals surface area (Å²) in [5.41, 5.74) is 2.59. The molecule has 0 heterocycles. The SMILES string of the molecule is CCC(C)(C)C(CO)=C(C)C. The molecule has 0 unspecified atom stereocenters. The van der Waals surface area contributed by atoms with Crippen LogP contribution in [0.3, 0.4) is 0 Å². The zero-order valence-electron chi connectivity index (χ0n) is 8.36. The van der Waals surface area contributed by atoms with Gasteiger partial charge in [0.1, 0.15) is 0 Å². The second kappa shape index (κ2) is 3.91. The van der Waals surface area contributed by atoms with Crippen molar-refractivity contribution in [2.75, 3.05) is 6.61 Å². The molecule has 0 saturated carbocycles. The Labute approximate surface area is 70.1 Å². The molecule has 11 heavy (non-hydrogen) atoms. The summed E-state index contributed by atoms with van der Waals surface area (Å²) in [5, 5.41) is 9.11. The highest BCUT2D eigenvalue weighted by Crippen LogP contribution is 2.31.